The second-order valence-electron chi connectivity index (χ2n) is 7.69. The van der Waals surface area contributed by atoms with Crippen LogP contribution in [0, 0.1) is 13.8 Å². The van der Waals surface area contributed by atoms with E-state index in [0.717, 1.165) is 30.1 Å². The highest BCUT2D eigenvalue weighted by molar-refractivity contribution is 6.00. The van der Waals surface area contributed by atoms with Crippen LogP contribution in [0.15, 0.2) is 54.6 Å². The van der Waals surface area contributed by atoms with E-state index < -0.39 is 0 Å². The molecular weight excluding hydrogens is 376 g/mol. The monoisotopic (exact) mass is 402 g/mol. The number of amides is 1. The summed E-state index contributed by atoms with van der Waals surface area (Å²) in [5, 5.41) is 1.81. The first kappa shape index (κ1) is 20.0. The number of piperazine rings is 1. The van der Waals surface area contributed by atoms with Crippen molar-refractivity contribution in [2.45, 2.75) is 13.8 Å². The highest BCUT2D eigenvalue weighted by Crippen LogP contribution is 2.27. The third kappa shape index (κ3) is 3.88. The molecule has 5 nitrogen and oxygen atoms in total. The van der Waals surface area contributed by atoms with Crippen molar-refractivity contribution in [1.82, 2.24) is 4.90 Å². The predicted octanol–water partition coefficient (Wildman–Crippen LogP) is 4.00. The summed E-state index contributed by atoms with van der Waals surface area (Å²) < 4.78 is 5.76. The van der Waals surface area contributed by atoms with E-state index in [-0.39, 0.29) is 12.5 Å². The minimum Gasteiger partial charge on any atom is -0.483 e. The van der Waals surface area contributed by atoms with Gasteiger partial charge < -0.3 is 14.5 Å². The molecule has 1 aliphatic rings. The summed E-state index contributed by atoms with van der Waals surface area (Å²) >= 11 is 0. The molecule has 154 valence electrons. The van der Waals surface area contributed by atoms with Crippen LogP contribution in [0.25, 0.3) is 10.8 Å². The molecule has 4 rings (SSSR count). The van der Waals surface area contributed by atoms with Gasteiger partial charge in [-0.2, -0.15) is 0 Å². The minimum absolute atomic E-state index is 0.0550. The van der Waals surface area contributed by atoms with Gasteiger partial charge in [-0.15, -0.1) is 0 Å². The maximum Gasteiger partial charge on any atom is 0.260 e. The zero-order chi connectivity index (χ0) is 21.1. The molecule has 1 saturated heterocycles. The Bertz CT molecular complexity index is 1080. The number of fused-ring (bicyclic) bond motifs is 1. The fourth-order valence-electron chi connectivity index (χ4n) is 4.03. The molecule has 1 heterocycles. The number of nitrogens with zero attached hydrogens (tertiary/aromatic N) is 2. The van der Waals surface area contributed by atoms with Gasteiger partial charge in [0.05, 0.1) is 5.56 Å². The van der Waals surface area contributed by atoms with E-state index in [0.29, 0.717) is 24.4 Å². The number of carbonyl (C=O) groups is 2. The molecule has 0 spiro atoms. The van der Waals surface area contributed by atoms with Gasteiger partial charge in [0, 0.05) is 31.9 Å². The second kappa shape index (κ2) is 8.57. The van der Waals surface area contributed by atoms with Crippen molar-refractivity contribution in [1.29, 1.82) is 0 Å². The van der Waals surface area contributed by atoms with E-state index in [1.165, 1.54) is 16.8 Å². The van der Waals surface area contributed by atoms with Crippen molar-refractivity contribution in [2.24, 2.45) is 0 Å². The smallest absolute Gasteiger partial charge is 0.260 e. The first-order valence-electron chi connectivity index (χ1n) is 10.3. The molecule has 3 aromatic carbocycles. The first-order valence-corrected chi connectivity index (χ1v) is 10.3. The number of anilines is 1. The molecule has 0 radical (unpaired) electrons. The summed E-state index contributed by atoms with van der Waals surface area (Å²) in [6.07, 6.45) is 0.797. The number of aldehydes is 1. The van der Waals surface area contributed by atoms with Gasteiger partial charge in [0.2, 0.25) is 0 Å². The number of carbonyl (C=O) groups excluding carboxylic acids is 2. The molecule has 3 aromatic rings. The van der Waals surface area contributed by atoms with Crippen LogP contribution in [0.3, 0.4) is 0 Å². The van der Waals surface area contributed by atoms with Crippen molar-refractivity contribution in [3.8, 4) is 5.75 Å². The van der Waals surface area contributed by atoms with Gasteiger partial charge >= 0.3 is 0 Å². The van der Waals surface area contributed by atoms with E-state index in [1.807, 2.05) is 35.2 Å². The molecule has 5 heteroatoms. The summed E-state index contributed by atoms with van der Waals surface area (Å²) in [5.74, 6) is 0.395. The normalized spacial score (nSPS) is 14.1. The Kier molecular flexibility index (Phi) is 5.70. The molecule has 0 aromatic heterocycles. The number of ether oxygens (including phenoxy) is 1. The summed E-state index contributed by atoms with van der Waals surface area (Å²) in [6.45, 7) is 7.11. The number of aryl methyl sites for hydroxylation is 1. The Labute approximate surface area is 176 Å². The maximum absolute atomic E-state index is 12.7. The number of benzene rings is 3. The highest BCUT2D eigenvalue weighted by atomic mass is 16.5. The molecular formula is C25H26N2O3. The fourth-order valence-corrected chi connectivity index (χ4v) is 4.03. The van der Waals surface area contributed by atoms with Crippen LogP contribution < -0.4 is 9.64 Å². The average molecular weight is 402 g/mol. The van der Waals surface area contributed by atoms with Crippen LogP contribution in [0.5, 0.6) is 5.75 Å². The number of rotatable bonds is 5. The Balaban J connectivity index is 1.38. The molecule has 0 atom stereocenters. The molecule has 1 fully saturated rings. The molecule has 0 N–H and O–H groups in total. The Hall–Kier alpha value is -3.34. The van der Waals surface area contributed by atoms with Crippen molar-refractivity contribution in [3.05, 3.63) is 71.3 Å². The van der Waals surface area contributed by atoms with Crippen LogP contribution in [-0.2, 0) is 4.79 Å². The topological polar surface area (TPSA) is 49.9 Å². The number of hydrogen-bond acceptors (Lipinski definition) is 4. The van der Waals surface area contributed by atoms with Crippen LogP contribution in [0.2, 0.25) is 0 Å². The van der Waals surface area contributed by atoms with Crippen molar-refractivity contribution < 1.29 is 14.3 Å². The molecule has 30 heavy (non-hydrogen) atoms. The first-order chi connectivity index (χ1) is 14.6. The van der Waals surface area contributed by atoms with Crippen molar-refractivity contribution in [3.63, 3.8) is 0 Å². The summed E-state index contributed by atoms with van der Waals surface area (Å²) in [7, 11) is 0. The van der Waals surface area contributed by atoms with Crippen molar-refractivity contribution in [2.75, 3.05) is 37.7 Å². The molecule has 0 saturated carbocycles. The zero-order valence-electron chi connectivity index (χ0n) is 17.4. The lowest BCUT2D eigenvalue weighted by molar-refractivity contribution is -0.133. The fraction of sp³-hybridized carbons (Fsp3) is 0.280. The van der Waals surface area contributed by atoms with Gasteiger partial charge in [0.15, 0.2) is 12.9 Å². The van der Waals surface area contributed by atoms with Gasteiger partial charge in [0.1, 0.15) is 5.75 Å². The van der Waals surface area contributed by atoms with E-state index in [2.05, 4.69) is 36.9 Å². The predicted molar refractivity (Wildman–Crippen MR) is 120 cm³/mol. The average Bonchev–Trinajstić information content (AvgIpc) is 2.79. The maximum atomic E-state index is 12.7. The van der Waals surface area contributed by atoms with Crippen LogP contribution in [0.4, 0.5) is 5.69 Å². The second-order valence-corrected chi connectivity index (χ2v) is 7.69. The standard InChI is InChI=1S/C25H26N2O3/c1-18-6-5-9-23(19(18)2)26-12-14-27(15-13-26)25(29)17-30-24-11-10-20-7-3-4-8-21(20)22(24)16-28/h3-11,16H,12-15,17H2,1-2H3. The lowest BCUT2D eigenvalue weighted by atomic mass is 10.0. The quantitative estimate of drug-likeness (QED) is 0.606. The Morgan fingerprint density at radius 1 is 0.967 bits per heavy atom. The van der Waals surface area contributed by atoms with Crippen LogP contribution >= 0.6 is 0 Å². The van der Waals surface area contributed by atoms with Crippen molar-refractivity contribution >= 4 is 28.7 Å². The van der Waals surface area contributed by atoms with Gasteiger partial charge in [-0.05, 0) is 47.9 Å². The Morgan fingerprint density at radius 2 is 1.73 bits per heavy atom. The lowest BCUT2D eigenvalue weighted by Crippen LogP contribution is -2.50. The highest BCUT2D eigenvalue weighted by Gasteiger charge is 2.23. The van der Waals surface area contributed by atoms with Gasteiger partial charge in [-0.25, -0.2) is 0 Å². The van der Waals surface area contributed by atoms with E-state index in [9.17, 15) is 9.59 Å². The molecule has 1 amide bonds. The minimum atomic E-state index is -0.0668. The lowest BCUT2D eigenvalue weighted by Gasteiger charge is -2.37. The van der Waals surface area contributed by atoms with E-state index in [4.69, 9.17) is 4.74 Å². The van der Waals surface area contributed by atoms with Crippen LogP contribution in [0.1, 0.15) is 21.5 Å². The zero-order valence-corrected chi connectivity index (χ0v) is 17.4. The summed E-state index contributed by atoms with van der Waals surface area (Å²) in [4.78, 5) is 28.5. The summed E-state index contributed by atoms with van der Waals surface area (Å²) in [5.41, 5.74) is 4.30. The van der Waals surface area contributed by atoms with Gasteiger partial charge in [-0.3, -0.25) is 9.59 Å². The van der Waals surface area contributed by atoms with Gasteiger partial charge in [0.25, 0.3) is 5.91 Å². The summed E-state index contributed by atoms with van der Waals surface area (Å²) in [6, 6.07) is 17.7. The van der Waals surface area contributed by atoms with Gasteiger partial charge in [-0.1, -0.05) is 42.5 Å². The van der Waals surface area contributed by atoms with E-state index >= 15 is 0 Å². The third-order valence-corrected chi connectivity index (χ3v) is 5.95. The Morgan fingerprint density at radius 3 is 2.50 bits per heavy atom. The largest absolute Gasteiger partial charge is 0.483 e. The number of hydrogen-bond donors (Lipinski definition) is 0. The SMILES string of the molecule is Cc1cccc(N2CCN(C(=O)COc3ccc4ccccc4c3C=O)CC2)c1C. The van der Waals surface area contributed by atoms with Crippen LogP contribution in [-0.4, -0.2) is 49.9 Å². The molecule has 1 aliphatic heterocycles. The molecule has 0 unspecified atom stereocenters. The molecule has 0 bridgehead atoms. The molecule has 0 aliphatic carbocycles. The van der Waals surface area contributed by atoms with E-state index in [1.54, 1.807) is 6.07 Å². The third-order valence-electron chi connectivity index (χ3n) is 5.95.